The molecule has 3 rings (SSSR count). The van der Waals surface area contributed by atoms with Crippen molar-refractivity contribution in [3.05, 3.63) is 28.8 Å². The second kappa shape index (κ2) is 7.17. The molecule has 0 aliphatic carbocycles. The number of sulfone groups is 1. The molecule has 128 valence electrons. The fourth-order valence-electron chi connectivity index (χ4n) is 3.10. The molecule has 0 aromatic heterocycles. The third-order valence-electron chi connectivity index (χ3n) is 4.19. The predicted molar refractivity (Wildman–Crippen MR) is 88.9 cm³/mol. The highest BCUT2D eigenvalue weighted by atomic mass is 35.5. The van der Waals surface area contributed by atoms with Gasteiger partial charge in [-0.3, -0.25) is 0 Å². The number of carbonyl (C=O) groups is 1. The molecule has 0 unspecified atom stereocenters. The van der Waals surface area contributed by atoms with E-state index in [-0.39, 0.29) is 23.9 Å². The minimum Gasteiger partial charge on any atom is -0.457 e. The zero-order valence-electron chi connectivity index (χ0n) is 13.0. The van der Waals surface area contributed by atoms with Gasteiger partial charge in [0.15, 0.2) is 9.84 Å². The molecule has 0 saturated carbocycles. The molecule has 23 heavy (non-hydrogen) atoms. The van der Waals surface area contributed by atoms with E-state index in [9.17, 15) is 13.2 Å². The van der Waals surface area contributed by atoms with Gasteiger partial charge in [0.1, 0.15) is 6.61 Å². The molecule has 1 aromatic rings. The molecule has 0 radical (unpaired) electrons. The Bertz CT molecular complexity index is 700. The van der Waals surface area contributed by atoms with Crippen molar-refractivity contribution in [2.75, 3.05) is 39.0 Å². The van der Waals surface area contributed by atoms with Crippen LogP contribution >= 0.6 is 12.4 Å². The topological polar surface area (TPSA) is 75.7 Å². The highest BCUT2D eigenvalue weighted by Crippen LogP contribution is 2.30. The standard InChI is InChI=1S/C15H20N2O4S.ClH/c1-22(19,20)14-11(4-7-17-8-5-16-6-9-17)2-3-12-13(14)10-21-15(12)18;/h2-3,16H,4-10H2,1H3;1H. The lowest BCUT2D eigenvalue weighted by molar-refractivity contribution is 0.0534. The van der Waals surface area contributed by atoms with Crippen LogP contribution in [0.4, 0.5) is 0 Å². The summed E-state index contributed by atoms with van der Waals surface area (Å²) >= 11 is 0. The molecule has 1 N–H and O–H groups in total. The Labute approximate surface area is 142 Å². The van der Waals surface area contributed by atoms with Gasteiger partial charge in [-0.15, -0.1) is 12.4 Å². The summed E-state index contributed by atoms with van der Waals surface area (Å²) in [5.74, 6) is -0.437. The second-order valence-electron chi connectivity index (χ2n) is 5.77. The molecule has 2 aliphatic heterocycles. The minimum atomic E-state index is -3.40. The number of hydrogen-bond donors (Lipinski definition) is 1. The highest BCUT2D eigenvalue weighted by Gasteiger charge is 2.29. The zero-order valence-corrected chi connectivity index (χ0v) is 14.6. The van der Waals surface area contributed by atoms with Crippen molar-refractivity contribution in [2.45, 2.75) is 17.9 Å². The molecule has 0 atom stereocenters. The van der Waals surface area contributed by atoms with Gasteiger partial charge >= 0.3 is 5.97 Å². The summed E-state index contributed by atoms with van der Waals surface area (Å²) in [5.41, 5.74) is 1.68. The molecule has 0 bridgehead atoms. The molecular weight excluding hydrogens is 340 g/mol. The van der Waals surface area contributed by atoms with Crippen LogP contribution in [0.3, 0.4) is 0 Å². The predicted octanol–water partition coefficient (Wildman–Crippen LogP) is 0.630. The van der Waals surface area contributed by atoms with Crippen molar-refractivity contribution < 1.29 is 17.9 Å². The van der Waals surface area contributed by atoms with Crippen LogP contribution in [-0.2, 0) is 27.6 Å². The summed E-state index contributed by atoms with van der Waals surface area (Å²) in [5, 5.41) is 3.30. The number of hydrogen-bond acceptors (Lipinski definition) is 6. The van der Waals surface area contributed by atoms with Gasteiger partial charge in [-0.25, -0.2) is 13.2 Å². The zero-order chi connectivity index (χ0) is 15.7. The number of esters is 1. The van der Waals surface area contributed by atoms with Crippen molar-refractivity contribution in [1.82, 2.24) is 10.2 Å². The number of halogens is 1. The van der Waals surface area contributed by atoms with Crippen molar-refractivity contribution >= 4 is 28.2 Å². The van der Waals surface area contributed by atoms with E-state index in [0.29, 0.717) is 17.5 Å². The molecule has 1 aromatic carbocycles. The molecule has 2 aliphatic rings. The van der Waals surface area contributed by atoms with E-state index in [0.717, 1.165) is 38.3 Å². The first-order chi connectivity index (χ1) is 10.5. The number of carbonyl (C=O) groups excluding carboxylic acids is 1. The SMILES string of the molecule is CS(=O)(=O)c1c(CCN2CCNCC2)ccc2c1COC2=O.Cl. The number of nitrogens with one attached hydrogen (secondary N) is 1. The summed E-state index contributed by atoms with van der Waals surface area (Å²) < 4.78 is 29.3. The van der Waals surface area contributed by atoms with Gasteiger partial charge in [-0.2, -0.15) is 0 Å². The second-order valence-corrected chi connectivity index (χ2v) is 7.72. The fourth-order valence-corrected chi connectivity index (χ4v) is 4.36. The van der Waals surface area contributed by atoms with Gasteiger partial charge < -0.3 is 15.0 Å². The minimum absolute atomic E-state index is 0. The van der Waals surface area contributed by atoms with Gasteiger partial charge in [0.25, 0.3) is 0 Å². The molecule has 1 saturated heterocycles. The summed E-state index contributed by atoms with van der Waals surface area (Å²) in [6, 6.07) is 3.44. The third-order valence-corrected chi connectivity index (χ3v) is 5.44. The van der Waals surface area contributed by atoms with E-state index < -0.39 is 15.8 Å². The summed E-state index contributed by atoms with van der Waals surface area (Å²) in [4.78, 5) is 14.2. The Morgan fingerprint density at radius 2 is 1.96 bits per heavy atom. The van der Waals surface area contributed by atoms with E-state index in [4.69, 9.17) is 4.74 Å². The van der Waals surface area contributed by atoms with Crippen LogP contribution in [0.1, 0.15) is 21.5 Å². The number of piperazine rings is 1. The lowest BCUT2D eigenvalue weighted by atomic mass is 10.0. The molecular formula is C15H21ClN2O4S. The highest BCUT2D eigenvalue weighted by molar-refractivity contribution is 7.90. The molecule has 0 spiro atoms. The van der Waals surface area contributed by atoms with E-state index in [1.54, 1.807) is 12.1 Å². The molecule has 1 fully saturated rings. The van der Waals surface area contributed by atoms with Gasteiger partial charge in [-0.05, 0) is 18.1 Å². The van der Waals surface area contributed by atoms with E-state index in [1.807, 2.05) is 0 Å². The maximum Gasteiger partial charge on any atom is 0.338 e. The number of fused-ring (bicyclic) bond motifs is 1. The number of nitrogens with zero attached hydrogens (tertiary/aromatic N) is 1. The van der Waals surface area contributed by atoms with Gasteiger partial charge in [0.05, 0.1) is 10.5 Å². The Hall–Kier alpha value is -1.15. The Kier molecular flexibility index (Phi) is 5.67. The summed E-state index contributed by atoms with van der Waals surface area (Å²) in [6.45, 7) is 4.74. The Morgan fingerprint density at radius 1 is 1.26 bits per heavy atom. The van der Waals surface area contributed by atoms with Crippen molar-refractivity contribution in [3.63, 3.8) is 0 Å². The van der Waals surface area contributed by atoms with E-state index >= 15 is 0 Å². The largest absolute Gasteiger partial charge is 0.457 e. The lowest BCUT2D eigenvalue weighted by Crippen LogP contribution is -2.44. The van der Waals surface area contributed by atoms with Crippen molar-refractivity contribution in [3.8, 4) is 0 Å². The average molecular weight is 361 g/mol. The first-order valence-corrected chi connectivity index (χ1v) is 9.31. The molecule has 6 nitrogen and oxygen atoms in total. The molecule has 0 amide bonds. The van der Waals surface area contributed by atoms with Crippen LogP contribution in [-0.4, -0.2) is 58.3 Å². The fraction of sp³-hybridized carbons (Fsp3) is 0.533. The molecule has 8 heteroatoms. The Morgan fingerprint density at radius 3 is 2.61 bits per heavy atom. The maximum absolute atomic E-state index is 12.2. The molecule has 2 heterocycles. The monoisotopic (exact) mass is 360 g/mol. The summed E-state index contributed by atoms with van der Waals surface area (Å²) in [6.07, 6.45) is 1.85. The van der Waals surface area contributed by atoms with Gasteiger partial charge in [0, 0.05) is 44.5 Å². The lowest BCUT2D eigenvalue weighted by Gasteiger charge is -2.27. The number of cyclic esters (lactones) is 1. The normalized spacial score (nSPS) is 18.2. The van der Waals surface area contributed by atoms with Crippen LogP contribution in [0, 0.1) is 0 Å². The van der Waals surface area contributed by atoms with Gasteiger partial charge in [-0.1, -0.05) is 6.07 Å². The number of benzene rings is 1. The van der Waals surface area contributed by atoms with Crippen LogP contribution < -0.4 is 5.32 Å². The quantitative estimate of drug-likeness (QED) is 0.794. The summed E-state index contributed by atoms with van der Waals surface area (Å²) in [7, 11) is -3.40. The van der Waals surface area contributed by atoms with Crippen LogP contribution in [0.25, 0.3) is 0 Å². The van der Waals surface area contributed by atoms with Crippen molar-refractivity contribution in [1.29, 1.82) is 0 Å². The maximum atomic E-state index is 12.2. The van der Waals surface area contributed by atoms with Crippen molar-refractivity contribution in [2.24, 2.45) is 0 Å². The van der Waals surface area contributed by atoms with E-state index in [2.05, 4.69) is 10.2 Å². The van der Waals surface area contributed by atoms with Gasteiger partial charge in [0.2, 0.25) is 0 Å². The van der Waals surface area contributed by atoms with Crippen LogP contribution in [0.15, 0.2) is 17.0 Å². The van der Waals surface area contributed by atoms with Crippen LogP contribution in [0.2, 0.25) is 0 Å². The third kappa shape index (κ3) is 3.85. The smallest absolute Gasteiger partial charge is 0.338 e. The number of ether oxygens (including phenoxy) is 1. The first-order valence-electron chi connectivity index (χ1n) is 7.42. The average Bonchev–Trinajstić information content (AvgIpc) is 2.86. The Balaban J connectivity index is 0.00000192. The number of rotatable bonds is 4. The van der Waals surface area contributed by atoms with Crippen LogP contribution in [0.5, 0.6) is 0 Å². The van der Waals surface area contributed by atoms with E-state index in [1.165, 1.54) is 6.26 Å². The first kappa shape index (κ1) is 18.2.